The molecule has 0 atom stereocenters. The molecule has 1 aromatic heterocycles. The van der Waals surface area contributed by atoms with Crippen molar-refractivity contribution >= 4 is 64.7 Å². The lowest BCUT2D eigenvalue weighted by atomic mass is 10.1. The number of rotatable bonds is 5. The molecule has 3 aromatic rings. The number of phenolic OH excluding ortho intramolecular Hbond substituents is 2. The second-order valence-electron chi connectivity index (χ2n) is 6.43. The van der Waals surface area contributed by atoms with Crippen molar-refractivity contribution in [3.63, 3.8) is 0 Å². The normalized spacial score (nSPS) is 10.0. The van der Waals surface area contributed by atoms with Gasteiger partial charge in [0.2, 0.25) is 0 Å². The zero-order valence-corrected chi connectivity index (χ0v) is 19.0. The van der Waals surface area contributed by atoms with Crippen LogP contribution in [0.5, 0.6) is 11.5 Å². The molecule has 0 radical (unpaired) electrons. The van der Waals surface area contributed by atoms with E-state index in [1.165, 1.54) is 30.3 Å². The first-order valence-corrected chi connectivity index (χ1v) is 9.81. The number of hydrogen-bond donors (Lipinski definition) is 5. The molecule has 9 nitrogen and oxygen atoms in total. The van der Waals surface area contributed by atoms with Gasteiger partial charge in [-0.3, -0.25) is 19.4 Å². The molecule has 172 valence electrons. The molecular weight excluding hydrogens is 495 g/mol. The van der Waals surface area contributed by atoms with Crippen LogP contribution in [0.4, 0.5) is 11.4 Å². The largest absolute Gasteiger partial charge is 0.506 e. The monoisotopic (exact) mass is 510 g/mol. The number of benzene rings is 2. The Labute approximate surface area is 204 Å². The average Bonchev–Trinajstić information content (AvgIpc) is 2.77. The van der Waals surface area contributed by atoms with Crippen LogP contribution >= 0.6 is 35.6 Å². The number of aromatic hydroxyl groups is 2. The molecule has 0 spiro atoms. The third kappa shape index (κ3) is 6.72. The van der Waals surface area contributed by atoms with Gasteiger partial charge in [0, 0.05) is 16.8 Å². The van der Waals surface area contributed by atoms with E-state index in [0.717, 1.165) is 0 Å². The molecule has 33 heavy (non-hydrogen) atoms. The van der Waals surface area contributed by atoms with Crippen LogP contribution in [-0.4, -0.2) is 32.9 Å². The summed E-state index contributed by atoms with van der Waals surface area (Å²) in [6.07, 6.45) is 1.60. The van der Waals surface area contributed by atoms with Crippen LogP contribution in [0.25, 0.3) is 0 Å². The third-order valence-corrected chi connectivity index (χ3v) is 4.65. The van der Waals surface area contributed by atoms with Crippen molar-refractivity contribution in [2.24, 2.45) is 0 Å². The van der Waals surface area contributed by atoms with Crippen LogP contribution in [0.2, 0.25) is 10.0 Å². The number of carbonyl (C=O) groups is 3. The van der Waals surface area contributed by atoms with Crippen molar-refractivity contribution < 1.29 is 24.6 Å². The number of amides is 3. The maximum absolute atomic E-state index is 12.4. The van der Waals surface area contributed by atoms with Gasteiger partial charge in [-0.25, -0.2) is 0 Å². The SMILES string of the molecule is Cl.O=C(Nc1cc(C(=O)NCc2ccccn2)ccc1O)C(=O)Nc1cc(Cl)cc(Cl)c1O. The van der Waals surface area contributed by atoms with Crippen molar-refractivity contribution in [1.29, 1.82) is 0 Å². The van der Waals surface area contributed by atoms with Gasteiger partial charge in [0.05, 0.1) is 28.6 Å². The first-order chi connectivity index (χ1) is 15.2. The molecule has 3 amide bonds. The Kier molecular flexibility index (Phi) is 8.86. The number of nitrogens with zero attached hydrogens (tertiary/aromatic N) is 1. The zero-order chi connectivity index (χ0) is 23.3. The Balaban J connectivity index is 0.00000385. The summed E-state index contributed by atoms with van der Waals surface area (Å²) in [5.41, 5.74) is 0.446. The van der Waals surface area contributed by atoms with Crippen LogP contribution in [0.1, 0.15) is 16.1 Å². The van der Waals surface area contributed by atoms with Gasteiger partial charge >= 0.3 is 11.8 Å². The average molecular weight is 512 g/mol. The smallest absolute Gasteiger partial charge is 0.314 e. The van der Waals surface area contributed by atoms with Crippen LogP contribution in [0, 0.1) is 0 Å². The van der Waals surface area contributed by atoms with E-state index >= 15 is 0 Å². The number of pyridine rings is 1. The lowest BCUT2D eigenvalue weighted by molar-refractivity contribution is -0.133. The standard InChI is InChI=1S/C21H16Cl2N4O5.ClH/c22-12-8-14(23)18(29)16(9-12)27-21(32)20(31)26-15-7-11(4-5-17(15)28)19(30)25-10-13-3-1-2-6-24-13;/h1-9,28-29H,10H2,(H,25,30)(H,26,31)(H,27,32);1H. The first-order valence-electron chi connectivity index (χ1n) is 9.06. The van der Waals surface area contributed by atoms with Crippen molar-refractivity contribution in [3.8, 4) is 11.5 Å². The van der Waals surface area contributed by atoms with E-state index in [9.17, 15) is 24.6 Å². The summed E-state index contributed by atoms with van der Waals surface area (Å²) in [7, 11) is 0. The highest BCUT2D eigenvalue weighted by atomic mass is 35.5. The van der Waals surface area contributed by atoms with Crippen molar-refractivity contribution in [2.75, 3.05) is 10.6 Å². The van der Waals surface area contributed by atoms with Gasteiger partial charge < -0.3 is 26.2 Å². The molecule has 0 saturated heterocycles. The van der Waals surface area contributed by atoms with Crippen molar-refractivity contribution in [3.05, 3.63) is 76.0 Å². The highest BCUT2D eigenvalue weighted by molar-refractivity contribution is 6.44. The maximum Gasteiger partial charge on any atom is 0.314 e. The number of carbonyl (C=O) groups excluding carboxylic acids is 3. The number of anilines is 2. The summed E-state index contributed by atoms with van der Waals surface area (Å²) < 4.78 is 0. The predicted molar refractivity (Wildman–Crippen MR) is 126 cm³/mol. The third-order valence-electron chi connectivity index (χ3n) is 4.15. The fourth-order valence-electron chi connectivity index (χ4n) is 2.57. The Morgan fingerprint density at radius 3 is 2.27 bits per heavy atom. The molecular formula is C21H17Cl3N4O5. The van der Waals surface area contributed by atoms with E-state index in [4.69, 9.17) is 23.2 Å². The van der Waals surface area contributed by atoms with Gasteiger partial charge in [-0.15, -0.1) is 12.4 Å². The van der Waals surface area contributed by atoms with Gasteiger partial charge in [0.1, 0.15) is 5.75 Å². The molecule has 0 aliphatic carbocycles. The van der Waals surface area contributed by atoms with E-state index in [0.29, 0.717) is 5.69 Å². The van der Waals surface area contributed by atoms with Crippen LogP contribution < -0.4 is 16.0 Å². The topological polar surface area (TPSA) is 141 Å². The first kappa shape index (κ1) is 25.7. The summed E-state index contributed by atoms with van der Waals surface area (Å²) in [5, 5.41) is 26.9. The number of halogens is 3. The van der Waals surface area contributed by atoms with E-state index in [1.54, 1.807) is 24.4 Å². The molecule has 1 heterocycles. The second kappa shape index (κ2) is 11.4. The number of phenols is 2. The number of hydrogen-bond acceptors (Lipinski definition) is 6. The number of nitrogens with one attached hydrogen (secondary N) is 3. The van der Waals surface area contributed by atoms with Gasteiger partial charge in [0.15, 0.2) is 5.75 Å². The molecule has 0 aliphatic rings. The molecule has 0 saturated carbocycles. The van der Waals surface area contributed by atoms with Gasteiger partial charge in [0.25, 0.3) is 5.91 Å². The van der Waals surface area contributed by atoms with Gasteiger partial charge in [-0.1, -0.05) is 29.3 Å². The summed E-state index contributed by atoms with van der Waals surface area (Å²) in [4.78, 5) is 40.9. The van der Waals surface area contributed by atoms with Crippen LogP contribution in [0.3, 0.4) is 0 Å². The molecule has 0 unspecified atom stereocenters. The lowest BCUT2D eigenvalue weighted by Crippen LogP contribution is -2.29. The molecule has 2 aromatic carbocycles. The molecule has 5 N–H and O–H groups in total. The quantitative estimate of drug-likeness (QED) is 0.261. The van der Waals surface area contributed by atoms with E-state index in [-0.39, 0.29) is 51.7 Å². The predicted octanol–water partition coefficient (Wildman–Crippen LogP) is 3.73. The van der Waals surface area contributed by atoms with E-state index in [1.807, 2.05) is 0 Å². The fourth-order valence-corrected chi connectivity index (χ4v) is 3.07. The highest BCUT2D eigenvalue weighted by Crippen LogP contribution is 2.35. The van der Waals surface area contributed by atoms with Crippen LogP contribution in [-0.2, 0) is 16.1 Å². The lowest BCUT2D eigenvalue weighted by Gasteiger charge is -2.11. The summed E-state index contributed by atoms with van der Waals surface area (Å²) in [6, 6.07) is 11.5. The summed E-state index contributed by atoms with van der Waals surface area (Å²) in [6.45, 7) is 0.177. The molecule has 0 bridgehead atoms. The Morgan fingerprint density at radius 2 is 1.61 bits per heavy atom. The van der Waals surface area contributed by atoms with E-state index in [2.05, 4.69) is 20.9 Å². The van der Waals surface area contributed by atoms with E-state index < -0.39 is 23.5 Å². The van der Waals surface area contributed by atoms with Crippen molar-refractivity contribution in [1.82, 2.24) is 10.3 Å². The fraction of sp³-hybridized carbons (Fsp3) is 0.0476. The number of aromatic nitrogens is 1. The summed E-state index contributed by atoms with van der Waals surface area (Å²) in [5.74, 6) is -3.63. The zero-order valence-electron chi connectivity index (χ0n) is 16.6. The maximum atomic E-state index is 12.4. The van der Waals surface area contributed by atoms with Gasteiger partial charge in [-0.05, 0) is 42.5 Å². The van der Waals surface area contributed by atoms with Gasteiger partial charge in [-0.2, -0.15) is 0 Å². The van der Waals surface area contributed by atoms with Crippen molar-refractivity contribution in [2.45, 2.75) is 6.54 Å². The molecule has 3 rings (SSSR count). The molecule has 12 heteroatoms. The highest BCUT2D eigenvalue weighted by Gasteiger charge is 2.19. The Morgan fingerprint density at radius 1 is 0.909 bits per heavy atom. The Hall–Kier alpha value is -3.53. The minimum Gasteiger partial charge on any atom is -0.506 e. The van der Waals surface area contributed by atoms with Crippen LogP contribution in [0.15, 0.2) is 54.7 Å². The minimum atomic E-state index is -1.16. The minimum absolute atomic E-state index is 0. The summed E-state index contributed by atoms with van der Waals surface area (Å²) >= 11 is 11.6. The molecule has 0 aliphatic heterocycles. The second-order valence-corrected chi connectivity index (χ2v) is 7.27. The molecule has 0 fully saturated rings. The Bertz CT molecular complexity index is 1190.